The van der Waals surface area contributed by atoms with Crippen molar-refractivity contribution in [2.75, 3.05) is 13.2 Å². The Kier molecular flexibility index (Phi) is 49.1. The van der Waals surface area contributed by atoms with E-state index in [-0.39, 0.29) is 44.0 Å². The smallest absolute Gasteiger partial charge is 0.306 e. The average molecular weight is 899 g/mol. The molecule has 0 aromatic heterocycles. The monoisotopic (exact) mass is 899 g/mol. The molecule has 366 valence electrons. The summed E-state index contributed by atoms with van der Waals surface area (Å²) >= 11 is 0. The lowest BCUT2D eigenvalue weighted by atomic mass is 10.1. The lowest BCUT2D eigenvalue weighted by Crippen LogP contribution is -2.30. The minimum atomic E-state index is -0.822. The number of carbonyl (C=O) groups excluding carboxylic acids is 3. The maximum atomic E-state index is 12.8. The summed E-state index contributed by atoms with van der Waals surface area (Å²) in [6.45, 7) is 6.28. The van der Waals surface area contributed by atoms with Crippen LogP contribution in [0.5, 0.6) is 0 Å². The molecular formula is C59H94O6. The predicted octanol–water partition coefficient (Wildman–Crippen LogP) is 17.3. The van der Waals surface area contributed by atoms with Gasteiger partial charge < -0.3 is 14.2 Å². The highest BCUT2D eigenvalue weighted by Crippen LogP contribution is 2.13. The predicted molar refractivity (Wildman–Crippen MR) is 279 cm³/mol. The van der Waals surface area contributed by atoms with Gasteiger partial charge in [0.05, 0.1) is 0 Å². The van der Waals surface area contributed by atoms with Crippen LogP contribution in [0.4, 0.5) is 0 Å². The normalized spacial score (nSPS) is 13.1. The summed E-state index contributed by atoms with van der Waals surface area (Å²) in [6, 6.07) is 0. The number of rotatable bonds is 45. The summed E-state index contributed by atoms with van der Waals surface area (Å²) in [5.74, 6) is -1.03. The van der Waals surface area contributed by atoms with Crippen molar-refractivity contribution in [2.45, 2.75) is 219 Å². The van der Waals surface area contributed by atoms with Crippen molar-refractivity contribution in [3.8, 4) is 0 Å². The summed E-state index contributed by atoms with van der Waals surface area (Å²) in [7, 11) is 0. The quantitative estimate of drug-likeness (QED) is 0.0199. The SMILES string of the molecule is CC/C=C/C=C/C=C/C=C/CCCCCCCC(=O)OC(COC(=O)CC/C=C/C/C=C/CCCCCCCC)COC(=O)CCCCCCCC/C=C/C/C=C/C/C=C/C/C=C/CC. The van der Waals surface area contributed by atoms with Gasteiger partial charge >= 0.3 is 17.9 Å². The Labute approximate surface area is 399 Å². The van der Waals surface area contributed by atoms with E-state index >= 15 is 0 Å². The highest BCUT2D eigenvalue weighted by Gasteiger charge is 2.19. The van der Waals surface area contributed by atoms with Gasteiger partial charge in [0.2, 0.25) is 0 Å². The van der Waals surface area contributed by atoms with Crippen LogP contribution in [0.1, 0.15) is 213 Å². The topological polar surface area (TPSA) is 78.9 Å². The van der Waals surface area contributed by atoms with Crippen molar-refractivity contribution in [1.82, 2.24) is 0 Å². The van der Waals surface area contributed by atoms with Crippen LogP contribution in [0, 0.1) is 0 Å². The molecule has 0 spiro atoms. The van der Waals surface area contributed by atoms with Gasteiger partial charge in [-0.15, -0.1) is 0 Å². The lowest BCUT2D eigenvalue weighted by Gasteiger charge is -2.18. The molecule has 0 saturated carbocycles. The zero-order chi connectivity index (χ0) is 47.2. The molecule has 0 amide bonds. The number of hydrogen-bond donors (Lipinski definition) is 0. The maximum absolute atomic E-state index is 12.8. The van der Waals surface area contributed by atoms with Crippen molar-refractivity contribution in [3.63, 3.8) is 0 Å². The number of ether oxygens (including phenoxy) is 3. The molecule has 6 heteroatoms. The molecule has 65 heavy (non-hydrogen) atoms. The van der Waals surface area contributed by atoms with E-state index in [1.54, 1.807) is 0 Å². The van der Waals surface area contributed by atoms with Gasteiger partial charge in [0.15, 0.2) is 6.10 Å². The van der Waals surface area contributed by atoms with Gasteiger partial charge in [-0.3, -0.25) is 14.4 Å². The Hall–Kier alpha value is -4.19. The third-order valence-corrected chi connectivity index (χ3v) is 10.5. The summed E-state index contributed by atoms with van der Waals surface area (Å²) in [6.07, 6.45) is 71.9. The first-order valence-corrected chi connectivity index (χ1v) is 26.1. The first kappa shape index (κ1) is 60.8. The van der Waals surface area contributed by atoms with Crippen LogP contribution in [0.15, 0.2) is 122 Å². The van der Waals surface area contributed by atoms with Crippen molar-refractivity contribution >= 4 is 17.9 Å². The van der Waals surface area contributed by atoms with Crippen LogP contribution >= 0.6 is 0 Å². The van der Waals surface area contributed by atoms with E-state index in [2.05, 4.69) is 112 Å². The Bertz CT molecular complexity index is 1400. The second-order valence-electron chi connectivity index (χ2n) is 16.8. The summed E-state index contributed by atoms with van der Waals surface area (Å²) in [4.78, 5) is 38.0. The van der Waals surface area contributed by atoms with Gasteiger partial charge in [-0.2, -0.15) is 0 Å². The first-order valence-electron chi connectivity index (χ1n) is 26.1. The largest absolute Gasteiger partial charge is 0.462 e. The molecule has 0 rings (SSSR count). The average Bonchev–Trinajstić information content (AvgIpc) is 3.30. The first-order chi connectivity index (χ1) is 32.0. The molecule has 0 aromatic rings. The van der Waals surface area contributed by atoms with Crippen molar-refractivity contribution in [3.05, 3.63) is 122 Å². The molecule has 0 heterocycles. The third kappa shape index (κ3) is 50.7. The molecule has 0 aliphatic rings. The summed E-state index contributed by atoms with van der Waals surface area (Å²) in [5, 5.41) is 0. The Morgan fingerprint density at radius 1 is 0.338 bits per heavy atom. The van der Waals surface area contributed by atoms with Crippen LogP contribution in [0.25, 0.3) is 0 Å². The van der Waals surface area contributed by atoms with E-state index < -0.39 is 6.10 Å². The zero-order valence-electron chi connectivity index (χ0n) is 41.7. The van der Waals surface area contributed by atoms with E-state index in [9.17, 15) is 14.4 Å². The molecule has 0 aromatic carbocycles. The number of esters is 3. The number of carbonyl (C=O) groups is 3. The molecule has 0 bridgehead atoms. The maximum Gasteiger partial charge on any atom is 0.306 e. The lowest BCUT2D eigenvalue weighted by molar-refractivity contribution is -0.166. The second-order valence-corrected chi connectivity index (χ2v) is 16.8. The Morgan fingerprint density at radius 3 is 1.22 bits per heavy atom. The molecule has 0 fully saturated rings. The highest BCUT2D eigenvalue weighted by atomic mass is 16.6. The zero-order valence-corrected chi connectivity index (χ0v) is 41.7. The second kappa shape index (κ2) is 52.4. The van der Waals surface area contributed by atoms with Crippen LogP contribution < -0.4 is 0 Å². The third-order valence-electron chi connectivity index (χ3n) is 10.5. The molecule has 0 saturated heterocycles. The van der Waals surface area contributed by atoms with Crippen molar-refractivity contribution in [2.24, 2.45) is 0 Å². The van der Waals surface area contributed by atoms with Gasteiger partial charge in [0, 0.05) is 19.3 Å². The molecule has 6 nitrogen and oxygen atoms in total. The van der Waals surface area contributed by atoms with Gasteiger partial charge in [0.25, 0.3) is 0 Å². The highest BCUT2D eigenvalue weighted by molar-refractivity contribution is 5.71. The van der Waals surface area contributed by atoms with Gasteiger partial charge in [-0.25, -0.2) is 0 Å². The van der Waals surface area contributed by atoms with E-state index in [1.807, 2.05) is 30.4 Å². The van der Waals surface area contributed by atoms with Gasteiger partial charge in [0.1, 0.15) is 13.2 Å². The fourth-order valence-electron chi connectivity index (χ4n) is 6.67. The Morgan fingerprint density at radius 2 is 0.708 bits per heavy atom. The van der Waals surface area contributed by atoms with E-state index in [0.29, 0.717) is 12.8 Å². The number of hydrogen-bond acceptors (Lipinski definition) is 6. The molecular weight excluding hydrogens is 805 g/mol. The molecule has 0 aliphatic heterocycles. The molecule has 0 N–H and O–H groups in total. The molecule has 0 radical (unpaired) electrons. The van der Waals surface area contributed by atoms with Gasteiger partial charge in [-0.05, 0) is 96.3 Å². The van der Waals surface area contributed by atoms with E-state index in [1.165, 1.54) is 51.4 Å². The number of unbranched alkanes of at least 4 members (excludes halogenated alkanes) is 17. The molecule has 1 unspecified atom stereocenters. The number of allylic oxidation sites excluding steroid dienone is 20. The van der Waals surface area contributed by atoms with Crippen LogP contribution in [0.2, 0.25) is 0 Å². The summed E-state index contributed by atoms with van der Waals surface area (Å²) < 4.78 is 16.7. The van der Waals surface area contributed by atoms with Crippen molar-refractivity contribution < 1.29 is 28.6 Å². The van der Waals surface area contributed by atoms with E-state index in [4.69, 9.17) is 14.2 Å². The Balaban J connectivity index is 4.51. The van der Waals surface area contributed by atoms with E-state index in [0.717, 1.165) is 116 Å². The molecule has 0 aliphatic carbocycles. The van der Waals surface area contributed by atoms with Crippen LogP contribution in [-0.4, -0.2) is 37.2 Å². The fraction of sp³-hybridized carbons (Fsp3) is 0.610. The summed E-state index contributed by atoms with van der Waals surface area (Å²) in [5.41, 5.74) is 0. The van der Waals surface area contributed by atoms with Crippen LogP contribution in [0.3, 0.4) is 0 Å². The minimum absolute atomic E-state index is 0.116. The van der Waals surface area contributed by atoms with Crippen LogP contribution in [-0.2, 0) is 28.6 Å². The van der Waals surface area contributed by atoms with Crippen molar-refractivity contribution in [1.29, 1.82) is 0 Å². The van der Waals surface area contributed by atoms with Gasteiger partial charge in [-0.1, -0.05) is 219 Å². The fourth-order valence-corrected chi connectivity index (χ4v) is 6.67. The minimum Gasteiger partial charge on any atom is -0.462 e. The standard InChI is InChI=1S/C59H94O6/c1-4-7-10-13-16-19-22-25-27-28-29-30-32-34-37-40-43-46-49-52-58(61)64-55-56(54-63-57(60)51-48-45-42-39-36-33-24-21-18-15-12-9-6-3)65-59(62)53-50-47-44-41-38-35-31-26-23-20-17-14-11-8-5-2/h7-8,10-11,14,16-17,19-20,23,25-27,29-31,33,36,42,45,56H,4-6,9,12-13,15,18,21-22,24,28,32,34-35,37-41,43-44,46-55H2,1-3H3/b10-7+,11-8+,17-14+,19-16+,23-20+,27-25+,30-29+,31-26+,36-33+,45-42+. The molecule has 1 atom stereocenters.